The van der Waals surface area contributed by atoms with Gasteiger partial charge in [-0.2, -0.15) is 5.10 Å². The quantitative estimate of drug-likeness (QED) is 0.550. The van der Waals surface area contributed by atoms with Gasteiger partial charge in [0.25, 0.3) is 0 Å². The van der Waals surface area contributed by atoms with Gasteiger partial charge < -0.3 is 4.74 Å². The molecular weight excluding hydrogens is 374 g/mol. The largest absolute Gasteiger partial charge is 0.466 e. The second-order valence-electron chi connectivity index (χ2n) is 5.80. The third kappa shape index (κ3) is 4.34. The van der Waals surface area contributed by atoms with Crippen molar-refractivity contribution in [1.29, 1.82) is 0 Å². The molecule has 1 aromatic heterocycles. The second kappa shape index (κ2) is 8.31. The van der Waals surface area contributed by atoms with Crippen LogP contribution in [0, 0.1) is 11.6 Å². The van der Waals surface area contributed by atoms with Crippen molar-refractivity contribution in [3.05, 3.63) is 65.2 Å². The first-order valence-electron chi connectivity index (χ1n) is 8.43. The zero-order chi connectivity index (χ0) is 19.4. The number of esters is 1. The third-order valence-electron chi connectivity index (χ3n) is 3.96. The van der Waals surface area contributed by atoms with Gasteiger partial charge in [0.15, 0.2) is 0 Å². The number of rotatable bonds is 6. The minimum atomic E-state index is -0.369. The average molecular weight is 391 g/mol. The minimum Gasteiger partial charge on any atom is -0.466 e. The predicted molar refractivity (Wildman–Crippen MR) is 99.3 cm³/mol. The van der Waals surface area contributed by atoms with Gasteiger partial charge in [0, 0.05) is 11.1 Å². The Balaban J connectivity index is 2.03. The molecule has 0 aliphatic heterocycles. The van der Waals surface area contributed by atoms with Gasteiger partial charge in [-0.3, -0.25) is 9.48 Å². The molecule has 0 N–H and O–H groups in total. The number of hydrogen-bond acceptors (Lipinski definition) is 3. The summed E-state index contributed by atoms with van der Waals surface area (Å²) < 4.78 is 33.1. The van der Waals surface area contributed by atoms with E-state index in [0.29, 0.717) is 34.1 Å². The molecule has 27 heavy (non-hydrogen) atoms. The molecule has 0 radical (unpaired) electrons. The molecule has 140 valence electrons. The SMILES string of the molecule is CCOC(=O)CCn1nc(-c2ccc(F)cc2)c(Cl)c1-c1ccc(F)cc1. The smallest absolute Gasteiger partial charge is 0.307 e. The van der Waals surface area contributed by atoms with E-state index in [2.05, 4.69) is 5.10 Å². The van der Waals surface area contributed by atoms with E-state index >= 15 is 0 Å². The molecule has 0 amide bonds. The first kappa shape index (κ1) is 19.0. The molecule has 0 aliphatic rings. The number of benzene rings is 2. The van der Waals surface area contributed by atoms with Gasteiger partial charge in [-0.1, -0.05) is 11.6 Å². The van der Waals surface area contributed by atoms with E-state index in [1.54, 1.807) is 35.9 Å². The third-order valence-corrected chi connectivity index (χ3v) is 4.32. The predicted octanol–water partition coefficient (Wildman–Crippen LogP) is 5.10. The van der Waals surface area contributed by atoms with Gasteiger partial charge in [0.1, 0.15) is 17.3 Å². The van der Waals surface area contributed by atoms with Gasteiger partial charge >= 0.3 is 5.97 Å². The minimum absolute atomic E-state index is 0.114. The maximum Gasteiger partial charge on any atom is 0.307 e. The number of carbonyl (C=O) groups excluding carboxylic acids is 1. The van der Waals surface area contributed by atoms with Crippen LogP contribution in [0.25, 0.3) is 22.5 Å². The van der Waals surface area contributed by atoms with Gasteiger partial charge in [-0.25, -0.2) is 8.78 Å². The van der Waals surface area contributed by atoms with E-state index in [1.165, 1.54) is 24.3 Å². The summed E-state index contributed by atoms with van der Waals surface area (Å²) in [6, 6.07) is 11.6. The fourth-order valence-electron chi connectivity index (χ4n) is 2.71. The van der Waals surface area contributed by atoms with Crippen molar-refractivity contribution in [2.75, 3.05) is 6.61 Å². The maximum atomic E-state index is 13.3. The highest BCUT2D eigenvalue weighted by molar-refractivity contribution is 6.35. The van der Waals surface area contributed by atoms with E-state index in [9.17, 15) is 13.6 Å². The van der Waals surface area contributed by atoms with E-state index in [1.807, 2.05) is 0 Å². The van der Waals surface area contributed by atoms with E-state index in [4.69, 9.17) is 16.3 Å². The van der Waals surface area contributed by atoms with E-state index < -0.39 is 0 Å². The summed E-state index contributed by atoms with van der Waals surface area (Å²) in [6.45, 7) is 2.27. The van der Waals surface area contributed by atoms with Crippen LogP contribution in [0.15, 0.2) is 48.5 Å². The van der Waals surface area contributed by atoms with Crippen molar-refractivity contribution >= 4 is 17.6 Å². The first-order chi connectivity index (χ1) is 13.0. The van der Waals surface area contributed by atoms with Crippen LogP contribution in [0.5, 0.6) is 0 Å². The summed E-state index contributed by atoms with van der Waals surface area (Å²) in [5.41, 5.74) is 2.31. The van der Waals surface area contributed by atoms with Crippen molar-refractivity contribution in [2.45, 2.75) is 19.9 Å². The molecule has 0 aliphatic carbocycles. The molecule has 0 bridgehead atoms. The monoisotopic (exact) mass is 390 g/mol. The van der Waals surface area contributed by atoms with Crippen LogP contribution in [0.2, 0.25) is 5.02 Å². The highest BCUT2D eigenvalue weighted by Crippen LogP contribution is 2.36. The molecule has 3 aromatic rings. The molecule has 0 unspecified atom stereocenters. The van der Waals surface area contributed by atoms with Crippen molar-refractivity contribution in [3.8, 4) is 22.5 Å². The average Bonchev–Trinajstić information content (AvgIpc) is 2.98. The summed E-state index contributed by atoms with van der Waals surface area (Å²) >= 11 is 6.57. The van der Waals surface area contributed by atoms with Crippen LogP contribution in [0.4, 0.5) is 8.78 Å². The Kier molecular flexibility index (Phi) is 5.86. The van der Waals surface area contributed by atoms with E-state index in [0.717, 1.165) is 0 Å². The topological polar surface area (TPSA) is 44.1 Å². The normalized spacial score (nSPS) is 10.8. The maximum absolute atomic E-state index is 13.3. The lowest BCUT2D eigenvalue weighted by molar-refractivity contribution is -0.143. The number of hydrogen-bond donors (Lipinski definition) is 0. The fourth-order valence-corrected chi connectivity index (χ4v) is 3.06. The van der Waals surface area contributed by atoms with E-state index in [-0.39, 0.29) is 30.6 Å². The van der Waals surface area contributed by atoms with Crippen LogP contribution in [0.3, 0.4) is 0 Å². The van der Waals surface area contributed by atoms with Gasteiger partial charge in [-0.15, -0.1) is 0 Å². The highest BCUT2D eigenvalue weighted by Gasteiger charge is 2.20. The molecule has 0 fully saturated rings. The molecule has 0 saturated carbocycles. The molecule has 0 saturated heterocycles. The number of ether oxygens (including phenoxy) is 1. The Morgan fingerprint density at radius 2 is 1.59 bits per heavy atom. The number of halogens is 3. The zero-order valence-electron chi connectivity index (χ0n) is 14.6. The van der Waals surface area contributed by atoms with Crippen LogP contribution >= 0.6 is 11.6 Å². The lowest BCUT2D eigenvalue weighted by Crippen LogP contribution is -2.10. The number of aromatic nitrogens is 2. The zero-order valence-corrected chi connectivity index (χ0v) is 15.3. The number of carbonyl (C=O) groups is 1. The summed E-state index contributed by atoms with van der Waals surface area (Å²) in [7, 11) is 0. The fraction of sp³-hybridized carbons (Fsp3) is 0.200. The summed E-state index contributed by atoms with van der Waals surface area (Å²) in [4.78, 5) is 11.7. The lowest BCUT2D eigenvalue weighted by Gasteiger charge is -2.08. The Bertz CT molecular complexity index is 938. The van der Waals surface area contributed by atoms with Gasteiger partial charge in [0.2, 0.25) is 0 Å². The summed E-state index contributed by atoms with van der Waals surface area (Å²) in [5.74, 6) is -1.08. The molecular formula is C20H17ClF2N2O2. The van der Waals surface area contributed by atoms with Gasteiger partial charge in [-0.05, 0) is 55.5 Å². The highest BCUT2D eigenvalue weighted by atomic mass is 35.5. The van der Waals surface area contributed by atoms with Crippen molar-refractivity contribution in [2.24, 2.45) is 0 Å². The van der Waals surface area contributed by atoms with Crippen molar-refractivity contribution < 1.29 is 18.3 Å². The van der Waals surface area contributed by atoms with Gasteiger partial charge in [0.05, 0.1) is 30.3 Å². The van der Waals surface area contributed by atoms with Crippen molar-refractivity contribution in [1.82, 2.24) is 9.78 Å². The second-order valence-corrected chi connectivity index (χ2v) is 6.18. The Hall–Kier alpha value is -2.73. The first-order valence-corrected chi connectivity index (χ1v) is 8.81. The van der Waals surface area contributed by atoms with Crippen LogP contribution in [0.1, 0.15) is 13.3 Å². The molecule has 0 atom stereocenters. The molecule has 2 aromatic carbocycles. The Labute approximate surface area is 160 Å². The van der Waals surface area contributed by atoms with Crippen molar-refractivity contribution in [3.63, 3.8) is 0 Å². The molecule has 3 rings (SSSR count). The molecule has 4 nitrogen and oxygen atoms in total. The number of nitrogens with zero attached hydrogens (tertiary/aromatic N) is 2. The standard InChI is InChI=1S/C20H17ClF2N2O2/c1-2-27-17(26)11-12-25-20(14-5-9-16(23)10-6-14)18(21)19(24-25)13-3-7-15(22)8-4-13/h3-10H,2,11-12H2,1H3. The summed E-state index contributed by atoms with van der Waals surface area (Å²) in [6.07, 6.45) is 0.114. The summed E-state index contributed by atoms with van der Waals surface area (Å²) in [5, 5.41) is 4.85. The van der Waals surface area contributed by atoms with Crippen LogP contribution in [-0.4, -0.2) is 22.4 Å². The Morgan fingerprint density at radius 3 is 2.15 bits per heavy atom. The molecule has 7 heteroatoms. The Morgan fingerprint density at radius 1 is 1.04 bits per heavy atom. The van der Waals surface area contributed by atoms with Crippen LogP contribution in [-0.2, 0) is 16.1 Å². The van der Waals surface area contributed by atoms with Crippen LogP contribution < -0.4 is 0 Å². The number of aryl methyl sites for hydroxylation is 1. The lowest BCUT2D eigenvalue weighted by atomic mass is 10.1. The molecule has 0 spiro atoms. The molecule has 1 heterocycles.